The maximum absolute atomic E-state index is 15.2. The van der Waals surface area contributed by atoms with Gasteiger partial charge in [-0.3, -0.25) is 19.2 Å². The van der Waals surface area contributed by atoms with Crippen LogP contribution in [0.2, 0.25) is 0 Å². The molecule has 8 atom stereocenters. The lowest BCUT2D eigenvalue weighted by atomic mass is 9.99. The second kappa shape index (κ2) is 32.2. The van der Waals surface area contributed by atoms with Gasteiger partial charge in [0.05, 0.1) is 37.7 Å². The van der Waals surface area contributed by atoms with Gasteiger partial charge in [0.15, 0.2) is 24.4 Å². The highest BCUT2D eigenvalue weighted by atomic mass is 16.6. The van der Waals surface area contributed by atoms with E-state index in [1.807, 2.05) is 139 Å². The molecule has 0 radical (unpaired) electrons. The van der Waals surface area contributed by atoms with Crippen LogP contribution < -0.4 is 9.47 Å². The standard InChI is InChI=1S/C70H100N8O14/c1-17-87-61-37-53(51-27-28-51)71-77(61)39-49-23-19-47(20-24-49)35-59-65(81)75(15)55(31-41(3)4)67(83)89-46(12)64(80)74(14)58(34-44(9)10)70(86)92-60(36-48-21-25-50(26-22-48)40-78-62(88-18-2)38-54(72-78)52-29-30-52)66(82)76(16)56(32-42(5)6)68(84)90-45(11)63(79)73(13)57(33-43(7)8)69(85)91-59/h19-26,37-38,41-46,51-52,55-60H,17-18,27-36,39-40H2,1-16H3/t45-,46-,55+,56+,57+,58+,59-,60-/m1/s1. The Morgan fingerprint density at radius 1 is 0.424 bits per heavy atom. The molecule has 2 saturated carbocycles. The lowest BCUT2D eigenvalue weighted by Crippen LogP contribution is -2.55. The largest absolute Gasteiger partial charge is 0.478 e. The average molecular weight is 1280 g/mol. The number of hydrogen-bond donors (Lipinski definition) is 0. The molecule has 7 rings (SSSR count). The third kappa shape index (κ3) is 19.2. The Morgan fingerprint density at radius 3 is 0.967 bits per heavy atom. The molecule has 504 valence electrons. The lowest BCUT2D eigenvalue weighted by Gasteiger charge is -2.35. The number of carbonyl (C=O) groups is 8. The first kappa shape index (κ1) is 71.7. The summed E-state index contributed by atoms with van der Waals surface area (Å²) >= 11 is 0. The fraction of sp³-hybridized carbons (Fsp3) is 0.629. The van der Waals surface area contributed by atoms with Gasteiger partial charge in [0.25, 0.3) is 23.6 Å². The second-order valence-corrected chi connectivity index (χ2v) is 27.0. The van der Waals surface area contributed by atoms with E-state index >= 15 is 9.59 Å². The van der Waals surface area contributed by atoms with Gasteiger partial charge in [0.1, 0.15) is 24.2 Å². The van der Waals surface area contributed by atoms with Gasteiger partial charge < -0.3 is 48.0 Å². The third-order valence-corrected chi connectivity index (χ3v) is 17.1. The highest BCUT2D eigenvalue weighted by Crippen LogP contribution is 2.41. The number of cyclic esters (lactones) is 4. The summed E-state index contributed by atoms with van der Waals surface area (Å²) < 4.78 is 40.0. The Bertz CT molecular complexity index is 2960. The van der Waals surface area contributed by atoms with Gasteiger partial charge in [-0.05, 0) is 125 Å². The minimum atomic E-state index is -1.56. The van der Waals surface area contributed by atoms with Crippen LogP contribution in [0.3, 0.4) is 0 Å². The van der Waals surface area contributed by atoms with E-state index in [1.165, 1.54) is 51.8 Å². The summed E-state index contributed by atoms with van der Waals surface area (Å²) in [7, 11) is 5.60. The van der Waals surface area contributed by atoms with E-state index in [-0.39, 0.29) is 62.2 Å². The topological polar surface area (TPSA) is 241 Å². The number of nitrogens with zero attached hydrogens (tertiary/aromatic N) is 8. The molecule has 0 spiro atoms. The lowest BCUT2D eigenvalue weighted by molar-refractivity contribution is -0.176. The number of ether oxygens (including phenoxy) is 6. The second-order valence-electron chi connectivity index (χ2n) is 27.0. The summed E-state index contributed by atoms with van der Waals surface area (Å²) in [6.07, 6.45) is -1.79. The quantitative estimate of drug-likeness (QED) is 0.0528. The summed E-state index contributed by atoms with van der Waals surface area (Å²) in [6.45, 7) is 23.2. The summed E-state index contributed by atoms with van der Waals surface area (Å²) in [6, 6.07) is 13.6. The van der Waals surface area contributed by atoms with Crippen LogP contribution in [0.4, 0.5) is 0 Å². The molecule has 4 aromatic rings. The number of esters is 4. The van der Waals surface area contributed by atoms with E-state index in [1.54, 1.807) is 0 Å². The molecule has 22 heteroatoms. The van der Waals surface area contributed by atoms with E-state index in [4.69, 9.17) is 38.6 Å². The van der Waals surface area contributed by atoms with Gasteiger partial charge in [0.2, 0.25) is 11.8 Å². The molecule has 3 heterocycles. The van der Waals surface area contributed by atoms with Crippen molar-refractivity contribution in [2.45, 2.75) is 221 Å². The summed E-state index contributed by atoms with van der Waals surface area (Å²) in [4.78, 5) is 123. The van der Waals surface area contributed by atoms with Crippen molar-refractivity contribution in [1.82, 2.24) is 39.2 Å². The van der Waals surface area contributed by atoms with Gasteiger partial charge >= 0.3 is 23.9 Å². The highest BCUT2D eigenvalue weighted by molar-refractivity contribution is 5.94. The van der Waals surface area contributed by atoms with Crippen LogP contribution in [0.5, 0.6) is 11.8 Å². The Labute approximate surface area is 543 Å². The number of carbonyl (C=O) groups excluding carboxylic acids is 8. The smallest absolute Gasteiger partial charge is 0.329 e. The molecule has 0 N–H and O–H groups in total. The zero-order valence-electron chi connectivity index (χ0n) is 57.0. The average Bonchev–Trinajstić information content (AvgIpc) is 2.96. The van der Waals surface area contributed by atoms with E-state index in [0.29, 0.717) is 61.0 Å². The van der Waals surface area contributed by atoms with Gasteiger partial charge in [-0.2, -0.15) is 10.2 Å². The molecule has 22 nitrogen and oxygen atoms in total. The molecule has 2 aromatic heterocycles. The normalized spacial score (nSPS) is 23.3. The van der Waals surface area contributed by atoms with Gasteiger partial charge in [0, 0.05) is 65.0 Å². The molecule has 3 aliphatic rings. The van der Waals surface area contributed by atoms with Crippen molar-refractivity contribution in [3.8, 4) is 11.8 Å². The van der Waals surface area contributed by atoms with Crippen molar-refractivity contribution in [3.05, 3.63) is 94.3 Å². The molecule has 1 aliphatic heterocycles. The van der Waals surface area contributed by atoms with Crippen molar-refractivity contribution < 1.29 is 66.8 Å². The van der Waals surface area contributed by atoms with Crippen molar-refractivity contribution in [2.24, 2.45) is 23.7 Å². The maximum atomic E-state index is 15.2. The molecule has 0 bridgehead atoms. The van der Waals surface area contributed by atoms with E-state index in [9.17, 15) is 28.8 Å². The predicted molar refractivity (Wildman–Crippen MR) is 344 cm³/mol. The molecular formula is C70H100N8O14. The van der Waals surface area contributed by atoms with E-state index in [2.05, 4.69) is 0 Å². The van der Waals surface area contributed by atoms with Crippen LogP contribution in [-0.2, 0) is 83.2 Å². The molecule has 1 saturated heterocycles. The summed E-state index contributed by atoms with van der Waals surface area (Å²) in [5.74, 6) is -5.36. The first-order chi connectivity index (χ1) is 43.6. The fourth-order valence-corrected chi connectivity index (χ4v) is 11.6. The van der Waals surface area contributed by atoms with Crippen LogP contribution >= 0.6 is 0 Å². The Morgan fingerprint density at radius 2 is 0.696 bits per heavy atom. The van der Waals surface area contributed by atoms with Crippen LogP contribution in [0.1, 0.15) is 180 Å². The molecule has 2 aromatic carbocycles. The summed E-state index contributed by atoms with van der Waals surface area (Å²) in [5, 5.41) is 9.67. The van der Waals surface area contributed by atoms with Crippen LogP contribution in [0.25, 0.3) is 0 Å². The molecular weight excluding hydrogens is 1180 g/mol. The number of benzene rings is 2. The minimum Gasteiger partial charge on any atom is -0.478 e. The van der Waals surface area contributed by atoms with Crippen molar-refractivity contribution in [2.75, 3.05) is 41.4 Å². The van der Waals surface area contributed by atoms with Gasteiger partial charge in [-0.15, -0.1) is 0 Å². The van der Waals surface area contributed by atoms with Gasteiger partial charge in [-0.25, -0.2) is 28.5 Å². The Hall–Kier alpha value is -7.78. The number of rotatable bonds is 22. The van der Waals surface area contributed by atoms with Gasteiger partial charge in [-0.1, -0.05) is 104 Å². The number of hydrogen-bond acceptors (Lipinski definition) is 16. The van der Waals surface area contributed by atoms with Crippen molar-refractivity contribution in [1.29, 1.82) is 0 Å². The van der Waals surface area contributed by atoms with Crippen molar-refractivity contribution in [3.63, 3.8) is 0 Å². The fourth-order valence-electron chi connectivity index (χ4n) is 11.6. The highest BCUT2D eigenvalue weighted by Gasteiger charge is 2.43. The third-order valence-electron chi connectivity index (χ3n) is 17.1. The van der Waals surface area contributed by atoms with Crippen LogP contribution in [-0.4, -0.2) is 177 Å². The SMILES string of the molecule is CCOc1cc(C2CC2)nn1Cc1ccc(C[C@H]2OC(=O)[C@H](CC(C)C)N(C)C(=O)[C@@H](C)OC(=O)[C@H](CC(C)C)N(C)C(=O)[C@@H](Cc3ccc(Cn4nc(C5CC5)cc4OCC)cc3)OC(=O)[C@H](CC(C)C)N(C)C(=O)[C@@H](C)OC(=O)[C@H](CC(C)C)N(C)C2=O)cc1. The van der Waals surface area contributed by atoms with E-state index < -0.39 is 96.1 Å². The monoisotopic (exact) mass is 1280 g/mol. The molecule has 4 amide bonds. The number of aromatic nitrogens is 4. The minimum absolute atomic E-state index is 0.0734. The van der Waals surface area contributed by atoms with Crippen LogP contribution in [0.15, 0.2) is 60.7 Å². The van der Waals surface area contributed by atoms with E-state index in [0.717, 1.165) is 58.0 Å². The van der Waals surface area contributed by atoms with Crippen molar-refractivity contribution >= 4 is 47.5 Å². The van der Waals surface area contributed by atoms with Crippen LogP contribution in [0, 0.1) is 23.7 Å². The zero-order chi connectivity index (χ0) is 67.4. The Balaban J connectivity index is 1.23. The Kier molecular flexibility index (Phi) is 25.1. The first-order valence-electron chi connectivity index (χ1n) is 33.0. The number of amides is 4. The summed E-state index contributed by atoms with van der Waals surface area (Å²) in [5.41, 5.74) is 4.97. The maximum Gasteiger partial charge on any atom is 0.329 e. The molecule has 0 unspecified atom stereocenters. The molecule has 3 fully saturated rings. The molecule has 2 aliphatic carbocycles. The number of likely N-dealkylation sites (N-methyl/N-ethyl adjacent to an activating group) is 4. The predicted octanol–water partition coefficient (Wildman–Crippen LogP) is 8.71. The molecule has 92 heavy (non-hydrogen) atoms. The first-order valence-corrected chi connectivity index (χ1v) is 33.0. The zero-order valence-corrected chi connectivity index (χ0v) is 57.0.